The van der Waals surface area contributed by atoms with E-state index in [2.05, 4.69) is 32.3 Å². The Kier molecular flexibility index (Phi) is 4.01. The first-order valence-corrected chi connectivity index (χ1v) is 9.30. The maximum absolute atomic E-state index is 12.2. The van der Waals surface area contributed by atoms with Crippen molar-refractivity contribution in [2.24, 2.45) is 0 Å². The van der Waals surface area contributed by atoms with Crippen molar-refractivity contribution in [1.82, 2.24) is 30.0 Å². The number of aromatic nitrogens is 5. The van der Waals surface area contributed by atoms with Crippen molar-refractivity contribution in [3.05, 3.63) is 65.8 Å². The lowest BCUT2D eigenvalue weighted by atomic mass is 9.98. The first-order chi connectivity index (χ1) is 14.1. The summed E-state index contributed by atoms with van der Waals surface area (Å²) in [5, 5.41) is 10.2. The predicted octanol–water partition coefficient (Wildman–Crippen LogP) is 2.19. The number of anilines is 1. The second-order valence-electron chi connectivity index (χ2n) is 7.16. The van der Waals surface area contributed by atoms with E-state index >= 15 is 0 Å². The number of rotatable bonds is 3. The van der Waals surface area contributed by atoms with Gasteiger partial charge in [0.05, 0.1) is 17.7 Å². The van der Waals surface area contributed by atoms with Crippen LogP contribution in [0.2, 0.25) is 0 Å². The van der Waals surface area contributed by atoms with Crippen LogP contribution >= 0.6 is 0 Å². The van der Waals surface area contributed by atoms with Gasteiger partial charge in [-0.3, -0.25) is 9.78 Å². The number of hydrogen-bond acceptors (Lipinski definition) is 7. The summed E-state index contributed by atoms with van der Waals surface area (Å²) in [4.78, 5) is 28.0. The van der Waals surface area contributed by atoms with Gasteiger partial charge in [-0.05, 0) is 11.5 Å². The Morgan fingerprint density at radius 3 is 2.86 bits per heavy atom. The molecule has 0 spiro atoms. The lowest BCUT2D eigenvalue weighted by molar-refractivity contribution is 0.0789. The summed E-state index contributed by atoms with van der Waals surface area (Å²) >= 11 is 0. The summed E-state index contributed by atoms with van der Waals surface area (Å²) in [6.45, 7) is 0.631. The van der Waals surface area contributed by atoms with Gasteiger partial charge in [-0.1, -0.05) is 29.4 Å². The zero-order chi connectivity index (χ0) is 20.0. The van der Waals surface area contributed by atoms with Crippen LogP contribution in [0, 0.1) is 0 Å². The number of H-pyrrole nitrogens is 1. The van der Waals surface area contributed by atoms with E-state index in [1.807, 2.05) is 29.3 Å². The van der Waals surface area contributed by atoms with Crippen molar-refractivity contribution in [3.63, 3.8) is 0 Å². The Bertz CT molecular complexity index is 1200. The largest absolute Gasteiger partial charge is 0.399 e. The molecule has 0 unspecified atom stereocenters. The molecule has 0 bridgehead atoms. The molecular formula is C20H19N7O2. The first-order valence-electron chi connectivity index (χ1n) is 9.30. The molecule has 4 heterocycles. The minimum atomic E-state index is -0.332. The number of nitrogens with one attached hydrogen (secondary N) is 1. The van der Waals surface area contributed by atoms with Gasteiger partial charge in [0.1, 0.15) is 6.04 Å². The van der Waals surface area contributed by atoms with Crippen molar-refractivity contribution >= 4 is 22.7 Å². The fourth-order valence-electron chi connectivity index (χ4n) is 3.64. The number of benzene rings is 1. The monoisotopic (exact) mass is 389 g/mol. The van der Waals surface area contributed by atoms with Crippen molar-refractivity contribution in [3.8, 4) is 0 Å². The highest BCUT2D eigenvalue weighted by Gasteiger charge is 2.35. The smallest absolute Gasteiger partial charge is 0.319 e. The van der Waals surface area contributed by atoms with E-state index < -0.39 is 0 Å². The van der Waals surface area contributed by atoms with Gasteiger partial charge < -0.3 is 19.2 Å². The topological polar surface area (TPSA) is 104 Å². The van der Waals surface area contributed by atoms with Crippen molar-refractivity contribution in [1.29, 1.82) is 0 Å². The highest BCUT2D eigenvalue weighted by molar-refractivity contribution is 5.89. The van der Waals surface area contributed by atoms with Crippen LogP contribution in [0.25, 0.3) is 10.8 Å². The number of imidazole rings is 1. The summed E-state index contributed by atoms with van der Waals surface area (Å²) < 4.78 is 5.72. The zero-order valence-electron chi connectivity index (χ0n) is 16.0. The maximum Gasteiger partial charge on any atom is 0.319 e. The number of carbonyl (C=O) groups is 1. The molecule has 1 aliphatic heterocycles. The second-order valence-corrected chi connectivity index (χ2v) is 7.16. The van der Waals surface area contributed by atoms with E-state index in [1.165, 1.54) is 4.90 Å². The summed E-state index contributed by atoms with van der Waals surface area (Å²) in [5.74, 6) is -0.371. The van der Waals surface area contributed by atoms with Crippen molar-refractivity contribution in [2.75, 3.05) is 25.5 Å². The number of hydrogen-bond donors (Lipinski definition) is 1. The molecule has 0 saturated carbocycles. The fourth-order valence-corrected chi connectivity index (χ4v) is 3.64. The molecule has 5 rings (SSSR count). The fraction of sp³-hybridized carbons (Fsp3) is 0.250. The summed E-state index contributed by atoms with van der Waals surface area (Å²) in [6, 6.07) is 10.1. The van der Waals surface area contributed by atoms with Crippen LogP contribution in [0.5, 0.6) is 0 Å². The van der Waals surface area contributed by atoms with Gasteiger partial charge in [-0.15, -0.1) is 5.10 Å². The van der Waals surface area contributed by atoms with Gasteiger partial charge >= 0.3 is 17.8 Å². The number of carbonyl (C=O) groups excluding carboxylic acids is 1. The van der Waals surface area contributed by atoms with E-state index in [0.717, 1.165) is 34.3 Å². The Morgan fingerprint density at radius 2 is 2.03 bits per heavy atom. The third-order valence-electron chi connectivity index (χ3n) is 5.11. The lowest BCUT2D eigenvalue weighted by Gasteiger charge is -2.33. The predicted molar refractivity (Wildman–Crippen MR) is 106 cm³/mol. The SMILES string of the molecule is CN(C)C(=O)c1nnc(N2CCc3[nH]cnc3[C@H]2c2cc3ccccc3cn2)o1. The Morgan fingerprint density at radius 1 is 1.21 bits per heavy atom. The van der Waals surface area contributed by atoms with E-state index in [0.29, 0.717) is 6.54 Å². The molecule has 1 atom stereocenters. The summed E-state index contributed by atoms with van der Waals surface area (Å²) in [6.07, 6.45) is 4.30. The van der Waals surface area contributed by atoms with Crippen molar-refractivity contribution in [2.45, 2.75) is 12.5 Å². The van der Waals surface area contributed by atoms with E-state index in [-0.39, 0.29) is 23.9 Å². The Labute approximate surface area is 166 Å². The molecule has 1 amide bonds. The molecule has 0 radical (unpaired) electrons. The Hall–Kier alpha value is -3.75. The van der Waals surface area contributed by atoms with Crippen LogP contribution in [-0.2, 0) is 6.42 Å². The van der Waals surface area contributed by atoms with E-state index in [4.69, 9.17) is 9.40 Å². The van der Waals surface area contributed by atoms with Crippen LogP contribution < -0.4 is 4.90 Å². The maximum atomic E-state index is 12.2. The molecule has 1 N–H and O–H groups in total. The molecular weight excluding hydrogens is 370 g/mol. The molecule has 0 aliphatic carbocycles. The lowest BCUT2D eigenvalue weighted by Crippen LogP contribution is -2.37. The van der Waals surface area contributed by atoms with Crippen molar-refractivity contribution < 1.29 is 9.21 Å². The van der Waals surface area contributed by atoms with E-state index in [1.54, 1.807) is 20.4 Å². The van der Waals surface area contributed by atoms with Gasteiger partial charge in [-0.25, -0.2) is 4.98 Å². The average molecular weight is 389 g/mol. The highest BCUT2D eigenvalue weighted by Crippen LogP contribution is 2.36. The van der Waals surface area contributed by atoms with Gasteiger partial charge in [0.2, 0.25) is 0 Å². The van der Waals surface area contributed by atoms with Crippen LogP contribution in [0.3, 0.4) is 0 Å². The quantitative estimate of drug-likeness (QED) is 0.573. The van der Waals surface area contributed by atoms with Gasteiger partial charge in [0.25, 0.3) is 0 Å². The van der Waals surface area contributed by atoms with Gasteiger partial charge in [0.15, 0.2) is 0 Å². The number of nitrogens with zero attached hydrogens (tertiary/aromatic N) is 6. The van der Waals surface area contributed by atoms with Gasteiger partial charge in [0, 0.05) is 44.3 Å². The normalized spacial score (nSPS) is 16.1. The van der Waals surface area contributed by atoms with Crippen LogP contribution in [-0.4, -0.2) is 56.6 Å². The molecule has 1 aromatic carbocycles. The average Bonchev–Trinajstić information content (AvgIpc) is 3.41. The summed E-state index contributed by atoms with van der Waals surface area (Å²) in [5.41, 5.74) is 2.76. The van der Waals surface area contributed by atoms with Crippen LogP contribution in [0.4, 0.5) is 6.01 Å². The standard InChI is InChI=1S/C20H19N7O2/c1-26(2)19(28)18-24-25-20(29-18)27-8-7-14-16(23-11-22-14)17(27)15-9-12-5-3-4-6-13(12)10-21-15/h3-6,9-11,17H,7-8H2,1-2H3,(H,22,23)/t17-/m1/s1. The molecule has 1 aliphatic rings. The third-order valence-corrected chi connectivity index (χ3v) is 5.11. The molecule has 29 heavy (non-hydrogen) atoms. The highest BCUT2D eigenvalue weighted by atomic mass is 16.4. The number of fused-ring (bicyclic) bond motifs is 2. The van der Waals surface area contributed by atoms with Crippen LogP contribution in [0.1, 0.15) is 33.8 Å². The minimum Gasteiger partial charge on any atom is -0.399 e. The minimum absolute atomic E-state index is 0.0388. The number of amides is 1. The zero-order valence-corrected chi connectivity index (χ0v) is 16.0. The van der Waals surface area contributed by atoms with Crippen LogP contribution in [0.15, 0.2) is 47.3 Å². The number of aromatic amines is 1. The molecule has 9 nitrogen and oxygen atoms in total. The summed E-state index contributed by atoms with van der Waals surface area (Å²) in [7, 11) is 3.29. The molecule has 4 aromatic rings. The molecule has 146 valence electrons. The first kappa shape index (κ1) is 17.4. The Balaban J connectivity index is 1.60. The molecule has 9 heteroatoms. The third kappa shape index (κ3) is 2.91. The second kappa shape index (κ2) is 6.69. The molecule has 0 saturated heterocycles. The molecule has 3 aromatic heterocycles. The van der Waals surface area contributed by atoms with Gasteiger partial charge in [-0.2, -0.15) is 0 Å². The molecule has 0 fully saturated rings. The van der Waals surface area contributed by atoms with E-state index in [9.17, 15) is 4.79 Å². The number of pyridine rings is 1.